The molecule has 2 rings (SSSR count). The van der Waals surface area contributed by atoms with Crippen LogP contribution in [0.25, 0.3) is 0 Å². The predicted octanol–water partition coefficient (Wildman–Crippen LogP) is 1.50. The number of hydrogen-bond donors (Lipinski definition) is 3. The molecule has 0 aliphatic rings. The molecule has 0 spiro atoms. The van der Waals surface area contributed by atoms with Crippen LogP contribution in [0.3, 0.4) is 0 Å². The van der Waals surface area contributed by atoms with Crippen LogP contribution in [0.2, 0.25) is 0 Å². The van der Waals surface area contributed by atoms with E-state index in [0.29, 0.717) is 12.1 Å². The van der Waals surface area contributed by atoms with Crippen molar-refractivity contribution in [2.24, 2.45) is 0 Å². The minimum absolute atomic E-state index is 0.156. The minimum Gasteiger partial charge on any atom is -0.508 e. The summed E-state index contributed by atoms with van der Waals surface area (Å²) in [5, 5.41) is 9.16. The van der Waals surface area contributed by atoms with Crippen molar-refractivity contribution in [3.63, 3.8) is 0 Å². The largest absolute Gasteiger partial charge is 0.508 e. The highest BCUT2D eigenvalue weighted by molar-refractivity contribution is 7.89. The maximum atomic E-state index is 12.0. The Labute approximate surface area is 118 Å². The van der Waals surface area contributed by atoms with Crippen molar-refractivity contribution in [2.45, 2.75) is 11.3 Å². The first-order chi connectivity index (χ1) is 9.47. The molecule has 0 radical (unpaired) electrons. The molecule has 2 aromatic carbocycles. The standard InChI is InChI=1S/C14H16N2O3S/c15-12-2-1-3-14(10-12)20(18,19)16-9-8-11-4-6-13(17)7-5-11/h1-7,10,16-17H,8-9,15H2. The normalized spacial score (nSPS) is 11.4. The first kappa shape index (κ1) is 14.4. The van der Waals surface area contributed by atoms with Gasteiger partial charge in [-0.05, 0) is 42.3 Å². The molecule has 0 bridgehead atoms. The number of phenolic OH excluding ortho intramolecular Hbond substituents is 1. The SMILES string of the molecule is Nc1cccc(S(=O)(=O)NCCc2ccc(O)cc2)c1. The zero-order chi connectivity index (χ0) is 14.6. The van der Waals surface area contributed by atoms with Gasteiger partial charge in [0.15, 0.2) is 0 Å². The second-order valence-electron chi connectivity index (χ2n) is 4.39. The Kier molecular flexibility index (Phi) is 4.26. The molecule has 0 fully saturated rings. The number of phenols is 1. The Morgan fingerprint density at radius 2 is 1.80 bits per heavy atom. The van der Waals surface area contributed by atoms with E-state index in [1.54, 1.807) is 36.4 Å². The van der Waals surface area contributed by atoms with E-state index in [9.17, 15) is 8.42 Å². The van der Waals surface area contributed by atoms with Gasteiger partial charge in [-0.1, -0.05) is 18.2 Å². The molecular weight excluding hydrogens is 276 g/mol. The van der Waals surface area contributed by atoms with Crippen LogP contribution < -0.4 is 10.5 Å². The van der Waals surface area contributed by atoms with Crippen LogP contribution in [0.5, 0.6) is 5.75 Å². The summed E-state index contributed by atoms with van der Waals surface area (Å²) in [7, 11) is -3.54. The van der Waals surface area contributed by atoms with E-state index in [0.717, 1.165) is 5.56 Å². The zero-order valence-corrected chi connectivity index (χ0v) is 11.6. The fourth-order valence-electron chi connectivity index (χ4n) is 1.76. The maximum absolute atomic E-state index is 12.0. The van der Waals surface area contributed by atoms with Gasteiger partial charge in [0.05, 0.1) is 4.90 Å². The van der Waals surface area contributed by atoms with E-state index in [1.807, 2.05) is 0 Å². The van der Waals surface area contributed by atoms with Crippen LogP contribution in [0, 0.1) is 0 Å². The Morgan fingerprint density at radius 3 is 2.45 bits per heavy atom. The molecule has 0 saturated heterocycles. The molecule has 5 nitrogen and oxygen atoms in total. The number of benzene rings is 2. The highest BCUT2D eigenvalue weighted by Crippen LogP contribution is 2.13. The number of anilines is 1. The van der Waals surface area contributed by atoms with Crippen LogP contribution in [0.15, 0.2) is 53.4 Å². The fourth-order valence-corrected chi connectivity index (χ4v) is 2.84. The van der Waals surface area contributed by atoms with E-state index in [-0.39, 0.29) is 17.2 Å². The van der Waals surface area contributed by atoms with E-state index >= 15 is 0 Å². The van der Waals surface area contributed by atoms with Gasteiger partial charge in [0, 0.05) is 12.2 Å². The van der Waals surface area contributed by atoms with Gasteiger partial charge in [-0.3, -0.25) is 0 Å². The lowest BCUT2D eigenvalue weighted by Gasteiger charge is -2.07. The van der Waals surface area contributed by atoms with Crippen LogP contribution >= 0.6 is 0 Å². The number of hydrogen-bond acceptors (Lipinski definition) is 4. The molecule has 0 atom stereocenters. The average molecular weight is 292 g/mol. The average Bonchev–Trinajstić information content (AvgIpc) is 2.41. The molecule has 4 N–H and O–H groups in total. The van der Waals surface area contributed by atoms with Gasteiger partial charge in [0.2, 0.25) is 10.0 Å². The van der Waals surface area contributed by atoms with Crippen molar-refractivity contribution < 1.29 is 13.5 Å². The van der Waals surface area contributed by atoms with Gasteiger partial charge < -0.3 is 10.8 Å². The molecule has 6 heteroatoms. The first-order valence-electron chi connectivity index (χ1n) is 6.10. The lowest BCUT2D eigenvalue weighted by atomic mass is 10.1. The van der Waals surface area contributed by atoms with Gasteiger partial charge in [0.1, 0.15) is 5.75 Å². The van der Waals surface area contributed by atoms with Gasteiger partial charge in [0.25, 0.3) is 0 Å². The summed E-state index contributed by atoms with van der Waals surface area (Å²) in [5.74, 6) is 0.189. The van der Waals surface area contributed by atoms with Crippen molar-refractivity contribution in [2.75, 3.05) is 12.3 Å². The summed E-state index contributed by atoms with van der Waals surface area (Å²) in [6, 6.07) is 12.8. The molecule has 106 valence electrons. The number of nitrogen functional groups attached to an aromatic ring is 1. The Hall–Kier alpha value is -2.05. The van der Waals surface area contributed by atoms with Gasteiger partial charge in [-0.25, -0.2) is 13.1 Å². The Morgan fingerprint density at radius 1 is 1.10 bits per heavy atom. The van der Waals surface area contributed by atoms with Crippen LogP contribution in [0.4, 0.5) is 5.69 Å². The third kappa shape index (κ3) is 3.72. The summed E-state index contributed by atoms with van der Waals surface area (Å²) in [4.78, 5) is 0.156. The van der Waals surface area contributed by atoms with Gasteiger partial charge in [-0.15, -0.1) is 0 Å². The number of aromatic hydroxyl groups is 1. The Balaban J connectivity index is 1.98. The molecule has 0 unspecified atom stereocenters. The van der Waals surface area contributed by atoms with Gasteiger partial charge in [-0.2, -0.15) is 0 Å². The number of nitrogens with one attached hydrogen (secondary N) is 1. The van der Waals surface area contributed by atoms with Crippen molar-refractivity contribution in [3.05, 3.63) is 54.1 Å². The van der Waals surface area contributed by atoms with E-state index in [4.69, 9.17) is 10.8 Å². The highest BCUT2D eigenvalue weighted by atomic mass is 32.2. The Bertz CT molecular complexity index is 682. The third-order valence-electron chi connectivity index (χ3n) is 2.81. The zero-order valence-electron chi connectivity index (χ0n) is 10.8. The summed E-state index contributed by atoms with van der Waals surface area (Å²) in [6.45, 7) is 0.280. The quantitative estimate of drug-likeness (QED) is 0.728. The molecule has 0 aromatic heterocycles. The molecule has 20 heavy (non-hydrogen) atoms. The van der Waals surface area contributed by atoms with Crippen molar-refractivity contribution in [1.82, 2.24) is 4.72 Å². The minimum atomic E-state index is -3.54. The highest BCUT2D eigenvalue weighted by Gasteiger charge is 2.13. The lowest BCUT2D eigenvalue weighted by Crippen LogP contribution is -2.26. The number of rotatable bonds is 5. The van der Waals surface area contributed by atoms with Crippen molar-refractivity contribution in [1.29, 1.82) is 0 Å². The first-order valence-corrected chi connectivity index (χ1v) is 7.59. The predicted molar refractivity (Wildman–Crippen MR) is 77.9 cm³/mol. The van der Waals surface area contributed by atoms with Crippen LogP contribution in [-0.2, 0) is 16.4 Å². The van der Waals surface area contributed by atoms with Crippen molar-refractivity contribution in [3.8, 4) is 5.75 Å². The summed E-state index contributed by atoms with van der Waals surface area (Å²) < 4.78 is 26.6. The molecule has 0 aliphatic heterocycles. The smallest absolute Gasteiger partial charge is 0.240 e. The molecular formula is C14H16N2O3S. The lowest BCUT2D eigenvalue weighted by molar-refractivity contribution is 0.475. The van der Waals surface area contributed by atoms with Gasteiger partial charge >= 0.3 is 0 Å². The third-order valence-corrected chi connectivity index (χ3v) is 4.27. The molecule has 0 saturated carbocycles. The number of nitrogens with two attached hydrogens (primary N) is 1. The monoisotopic (exact) mass is 292 g/mol. The maximum Gasteiger partial charge on any atom is 0.240 e. The summed E-state index contributed by atoms with van der Waals surface area (Å²) in [6.07, 6.45) is 0.543. The van der Waals surface area contributed by atoms with E-state index in [1.165, 1.54) is 12.1 Å². The topological polar surface area (TPSA) is 92.4 Å². The van der Waals surface area contributed by atoms with Crippen LogP contribution in [-0.4, -0.2) is 20.1 Å². The van der Waals surface area contributed by atoms with Crippen molar-refractivity contribution >= 4 is 15.7 Å². The summed E-state index contributed by atoms with van der Waals surface area (Å²) >= 11 is 0. The number of sulfonamides is 1. The van der Waals surface area contributed by atoms with E-state index < -0.39 is 10.0 Å². The second-order valence-corrected chi connectivity index (χ2v) is 6.15. The summed E-state index contributed by atoms with van der Waals surface area (Å²) in [5.41, 5.74) is 6.92. The molecule has 2 aromatic rings. The second kappa shape index (κ2) is 5.94. The molecule has 0 heterocycles. The molecule has 0 aliphatic carbocycles. The van der Waals surface area contributed by atoms with Crippen LogP contribution in [0.1, 0.15) is 5.56 Å². The van der Waals surface area contributed by atoms with E-state index in [2.05, 4.69) is 4.72 Å². The molecule has 0 amide bonds. The fraction of sp³-hybridized carbons (Fsp3) is 0.143.